The monoisotopic (exact) mass is 302 g/mol. The first-order chi connectivity index (χ1) is 6.74. The maximum Gasteiger partial charge on any atom is 0.0543 e. The number of hydrogen-bond acceptors (Lipinski definition) is 1. The zero-order valence-electron chi connectivity index (χ0n) is 8.12. The van der Waals surface area contributed by atoms with Crippen molar-refractivity contribution in [3.63, 3.8) is 0 Å². The van der Waals surface area contributed by atoms with E-state index < -0.39 is 0 Å². The van der Waals surface area contributed by atoms with Crippen molar-refractivity contribution in [1.29, 1.82) is 0 Å². The van der Waals surface area contributed by atoms with Crippen molar-refractivity contribution >= 4 is 22.6 Å². The first-order valence-electron chi connectivity index (χ1n) is 5.16. The summed E-state index contributed by atoms with van der Waals surface area (Å²) in [4.78, 5) is 0. The summed E-state index contributed by atoms with van der Waals surface area (Å²) in [7, 11) is 0. The van der Waals surface area contributed by atoms with E-state index in [0.29, 0.717) is 5.92 Å². The summed E-state index contributed by atoms with van der Waals surface area (Å²) in [5.41, 5.74) is 1.41. The van der Waals surface area contributed by atoms with Crippen LogP contribution in [0.3, 0.4) is 0 Å². The van der Waals surface area contributed by atoms with Crippen LogP contribution in [0.15, 0.2) is 24.3 Å². The average Bonchev–Trinajstić information content (AvgIpc) is 2.56. The Balaban J connectivity index is 1.94. The third kappa shape index (κ3) is 2.70. The van der Waals surface area contributed by atoms with E-state index in [1.54, 1.807) is 0 Å². The van der Waals surface area contributed by atoms with E-state index in [1.165, 1.54) is 15.6 Å². The van der Waals surface area contributed by atoms with E-state index in [2.05, 4.69) is 46.9 Å². The highest BCUT2D eigenvalue weighted by molar-refractivity contribution is 14.1. The second-order valence-electron chi connectivity index (χ2n) is 4.16. The van der Waals surface area contributed by atoms with Crippen LogP contribution in [0, 0.1) is 9.49 Å². The van der Waals surface area contributed by atoms with Gasteiger partial charge in [-0.3, -0.25) is 0 Å². The minimum atomic E-state index is -0.0381. The number of hydrogen-bond donors (Lipinski definition) is 1. The quantitative estimate of drug-likeness (QED) is 0.833. The highest BCUT2D eigenvalue weighted by Gasteiger charge is 2.22. The van der Waals surface area contributed by atoms with Crippen molar-refractivity contribution in [2.75, 3.05) is 0 Å². The number of rotatable bonds is 2. The predicted molar refractivity (Wildman–Crippen MR) is 66.2 cm³/mol. The van der Waals surface area contributed by atoms with Crippen LogP contribution in [0.5, 0.6) is 0 Å². The standard InChI is InChI=1S/C12H15IO/c13-11-4-1-9(2-5-11)7-10-3-6-12(14)8-10/h1-2,4-5,10,12,14H,3,6-8H2. The third-order valence-corrected chi connectivity index (χ3v) is 3.67. The van der Waals surface area contributed by atoms with Crippen LogP contribution in [0.4, 0.5) is 0 Å². The van der Waals surface area contributed by atoms with Crippen LogP contribution in [0.2, 0.25) is 0 Å². The molecule has 2 heteroatoms. The van der Waals surface area contributed by atoms with Gasteiger partial charge in [-0.1, -0.05) is 12.1 Å². The summed E-state index contributed by atoms with van der Waals surface area (Å²) in [6, 6.07) is 8.71. The number of benzene rings is 1. The molecule has 1 aromatic rings. The average molecular weight is 302 g/mol. The SMILES string of the molecule is OC1CCC(Cc2ccc(I)cc2)C1. The summed E-state index contributed by atoms with van der Waals surface area (Å²) < 4.78 is 1.29. The van der Waals surface area contributed by atoms with Crippen molar-refractivity contribution in [2.24, 2.45) is 5.92 Å². The van der Waals surface area contributed by atoms with Gasteiger partial charge in [0, 0.05) is 3.57 Å². The molecule has 0 spiro atoms. The highest BCUT2D eigenvalue weighted by Crippen LogP contribution is 2.28. The maximum atomic E-state index is 9.42. The molecule has 2 atom stereocenters. The molecule has 0 aliphatic heterocycles. The van der Waals surface area contributed by atoms with E-state index in [9.17, 15) is 5.11 Å². The molecule has 1 N–H and O–H groups in total. The van der Waals surface area contributed by atoms with Crippen LogP contribution in [-0.2, 0) is 6.42 Å². The lowest BCUT2D eigenvalue weighted by Crippen LogP contribution is -2.03. The summed E-state index contributed by atoms with van der Waals surface area (Å²) >= 11 is 2.32. The Labute approximate surface area is 98.7 Å². The number of halogens is 1. The molecule has 1 aromatic carbocycles. The highest BCUT2D eigenvalue weighted by atomic mass is 127. The van der Waals surface area contributed by atoms with Crippen LogP contribution in [-0.4, -0.2) is 11.2 Å². The molecule has 0 radical (unpaired) electrons. The van der Waals surface area contributed by atoms with Crippen molar-refractivity contribution in [2.45, 2.75) is 31.8 Å². The predicted octanol–water partition coefficient (Wildman–Crippen LogP) is 2.99. The Morgan fingerprint density at radius 3 is 2.50 bits per heavy atom. The molecule has 1 fully saturated rings. The molecule has 2 unspecified atom stereocenters. The maximum absolute atomic E-state index is 9.42. The molecular formula is C12H15IO. The van der Waals surface area contributed by atoms with E-state index in [-0.39, 0.29) is 6.10 Å². The lowest BCUT2D eigenvalue weighted by molar-refractivity contribution is 0.177. The van der Waals surface area contributed by atoms with Gasteiger partial charge in [-0.05, 0) is 71.9 Å². The van der Waals surface area contributed by atoms with Gasteiger partial charge in [-0.25, -0.2) is 0 Å². The second kappa shape index (κ2) is 4.62. The zero-order chi connectivity index (χ0) is 9.97. The first kappa shape index (κ1) is 10.4. The topological polar surface area (TPSA) is 20.2 Å². The van der Waals surface area contributed by atoms with E-state index in [0.717, 1.165) is 19.3 Å². The lowest BCUT2D eigenvalue weighted by Gasteiger charge is -2.08. The van der Waals surface area contributed by atoms with Gasteiger partial charge in [0.15, 0.2) is 0 Å². The Bertz CT molecular complexity index is 294. The molecule has 1 aliphatic rings. The zero-order valence-corrected chi connectivity index (χ0v) is 10.3. The Kier molecular flexibility index (Phi) is 3.44. The molecule has 14 heavy (non-hydrogen) atoms. The fraction of sp³-hybridized carbons (Fsp3) is 0.500. The Hall–Kier alpha value is -0.0900. The van der Waals surface area contributed by atoms with Gasteiger partial charge in [0.2, 0.25) is 0 Å². The normalized spacial score (nSPS) is 26.7. The second-order valence-corrected chi connectivity index (χ2v) is 5.41. The molecule has 2 rings (SSSR count). The molecule has 0 heterocycles. The molecule has 76 valence electrons. The smallest absolute Gasteiger partial charge is 0.0543 e. The van der Waals surface area contributed by atoms with Gasteiger partial charge in [0.25, 0.3) is 0 Å². The van der Waals surface area contributed by atoms with E-state index in [1.807, 2.05) is 0 Å². The lowest BCUT2D eigenvalue weighted by atomic mass is 9.98. The van der Waals surface area contributed by atoms with Crippen molar-refractivity contribution < 1.29 is 5.11 Å². The largest absolute Gasteiger partial charge is 0.393 e. The van der Waals surface area contributed by atoms with Crippen LogP contribution >= 0.6 is 22.6 Å². The molecule has 1 aliphatic carbocycles. The molecule has 0 amide bonds. The summed E-state index contributed by atoms with van der Waals surface area (Å²) in [6.07, 6.45) is 4.27. The summed E-state index contributed by atoms with van der Waals surface area (Å²) in [5.74, 6) is 0.699. The van der Waals surface area contributed by atoms with Gasteiger partial charge < -0.3 is 5.11 Å². The first-order valence-corrected chi connectivity index (χ1v) is 6.24. The van der Waals surface area contributed by atoms with Crippen molar-refractivity contribution in [3.05, 3.63) is 33.4 Å². The fourth-order valence-electron chi connectivity index (χ4n) is 2.19. The molecule has 0 bridgehead atoms. The van der Waals surface area contributed by atoms with Crippen LogP contribution in [0.25, 0.3) is 0 Å². The molecule has 1 saturated carbocycles. The van der Waals surface area contributed by atoms with Crippen LogP contribution < -0.4 is 0 Å². The van der Waals surface area contributed by atoms with Crippen molar-refractivity contribution in [3.8, 4) is 0 Å². The molecule has 1 nitrogen and oxygen atoms in total. The van der Waals surface area contributed by atoms with E-state index >= 15 is 0 Å². The molecule has 0 aromatic heterocycles. The van der Waals surface area contributed by atoms with Gasteiger partial charge in [-0.2, -0.15) is 0 Å². The minimum absolute atomic E-state index is 0.0381. The van der Waals surface area contributed by atoms with E-state index in [4.69, 9.17) is 0 Å². The number of aliphatic hydroxyl groups is 1. The Morgan fingerprint density at radius 2 is 1.93 bits per heavy atom. The molecule has 0 saturated heterocycles. The summed E-state index contributed by atoms with van der Waals surface area (Å²) in [6.45, 7) is 0. The minimum Gasteiger partial charge on any atom is -0.393 e. The number of aliphatic hydroxyl groups excluding tert-OH is 1. The Morgan fingerprint density at radius 1 is 1.21 bits per heavy atom. The van der Waals surface area contributed by atoms with Gasteiger partial charge in [0.05, 0.1) is 6.10 Å². The van der Waals surface area contributed by atoms with Crippen LogP contribution in [0.1, 0.15) is 24.8 Å². The van der Waals surface area contributed by atoms with Gasteiger partial charge >= 0.3 is 0 Å². The van der Waals surface area contributed by atoms with Gasteiger partial charge in [-0.15, -0.1) is 0 Å². The third-order valence-electron chi connectivity index (χ3n) is 2.95. The summed E-state index contributed by atoms with van der Waals surface area (Å²) in [5, 5.41) is 9.42. The van der Waals surface area contributed by atoms with Crippen molar-refractivity contribution in [1.82, 2.24) is 0 Å². The molecular weight excluding hydrogens is 287 g/mol. The van der Waals surface area contributed by atoms with Gasteiger partial charge in [0.1, 0.15) is 0 Å². The fourth-order valence-corrected chi connectivity index (χ4v) is 2.55.